The van der Waals surface area contributed by atoms with E-state index < -0.39 is 10.8 Å². The molecule has 11 heteroatoms. The van der Waals surface area contributed by atoms with Crippen molar-refractivity contribution in [3.05, 3.63) is 0 Å². The molecule has 2 rings (SSSR count). The lowest BCUT2D eigenvalue weighted by molar-refractivity contribution is 0.633. The Balaban J connectivity index is 1.66. The minimum Gasteiger partial charge on any atom is -0.251 e. The standard InChI is InChI=1S/C8H14N8OS2/c1-15-7(9-11-13-15)18-5-3-4-6-19(17)8-10-12-14-16(8)2/h3-6H2,1-2H3. The average molecular weight is 302 g/mol. The normalized spacial score (nSPS) is 12.7. The highest BCUT2D eigenvalue weighted by Gasteiger charge is 2.10. The van der Waals surface area contributed by atoms with Crippen LogP contribution in [0.3, 0.4) is 0 Å². The minimum absolute atomic E-state index is 0.421. The van der Waals surface area contributed by atoms with Gasteiger partial charge in [0.2, 0.25) is 10.3 Å². The number of thioether (sulfide) groups is 1. The van der Waals surface area contributed by atoms with E-state index in [9.17, 15) is 4.21 Å². The van der Waals surface area contributed by atoms with Crippen molar-refractivity contribution in [1.82, 2.24) is 40.4 Å². The van der Waals surface area contributed by atoms with Crippen molar-refractivity contribution in [2.45, 2.75) is 23.2 Å². The van der Waals surface area contributed by atoms with E-state index in [4.69, 9.17) is 0 Å². The molecule has 0 amide bonds. The minimum atomic E-state index is -1.14. The second-order valence-corrected chi connectivity index (χ2v) is 6.30. The molecule has 1 atom stereocenters. The van der Waals surface area contributed by atoms with E-state index in [1.54, 1.807) is 30.5 Å². The first-order valence-corrected chi connectivity index (χ1v) is 7.95. The number of aryl methyl sites for hydroxylation is 2. The highest BCUT2D eigenvalue weighted by atomic mass is 32.2. The van der Waals surface area contributed by atoms with E-state index in [-0.39, 0.29) is 0 Å². The van der Waals surface area contributed by atoms with Gasteiger partial charge in [0.1, 0.15) is 0 Å². The molecule has 104 valence electrons. The Hall–Kier alpha value is -1.36. The maximum atomic E-state index is 11.9. The molecule has 0 N–H and O–H groups in total. The van der Waals surface area contributed by atoms with Gasteiger partial charge in [-0.3, -0.25) is 4.21 Å². The average Bonchev–Trinajstić information content (AvgIpc) is 2.98. The molecule has 0 spiro atoms. The fourth-order valence-electron chi connectivity index (χ4n) is 1.35. The van der Waals surface area contributed by atoms with E-state index in [1.807, 2.05) is 0 Å². The van der Waals surface area contributed by atoms with Crippen LogP contribution in [0.15, 0.2) is 10.3 Å². The smallest absolute Gasteiger partial charge is 0.239 e. The molecule has 0 saturated heterocycles. The molecule has 0 bridgehead atoms. The number of unbranched alkanes of at least 4 members (excludes halogenated alkanes) is 1. The first-order chi connectivity index (χ1) is 9.18. The van der Waals surface area contributed by atoms with Crippen molar-refractivity contribution >= 4 is 22.6 Å². The van der Waals surface area contributed by atoms with Gasteiger partial charge in [-0.25, -0.2) is 9.36 Å². The Morgan fingerprint density at radius 3 is 2.47 bits per heavy atom. The molecular weight excluding hydrogens is 288 g/mol. The summed E-state index contributed by atoms with van der Waals surface area (Å²) in [5.74, 6) is 1.45. The second-order valence-electron chi connectivity index (χ2n) is 3.78. The number of nitrogens with zero attached hydrogens (tertiary/aromatic N) is 8. The van der Waals surface area contributed by atoms with Gasteiger partial charge in [0, 0.05) is 25.6 Å². The fraction of sp³-hybridized carbons (Fsp3) is 0.750. The van der Waals surface area contributed by atoms with E-state index in [0.717, 1.165) is 23.8 Å². The topological polar surface area (TPSA) is 104 Å². The summed E-state index contributed by atoms with van der Waals surface area (Å²) in [5.41, 5.74) is 0. The summed E-state index contributed by atoms with van der Waals surface area (Å²) in [5, 5.41) is 23.3. The third-order valence-corrected chi connectivity index (χ3v) is 4.83. The van der Waals surface area contributed by atoms with Crippen molar-refractivity contribution in [2.75, 3.05) is 11.5 Å². The maximum absolute atomic E-state index is 11.9. The van der Waals surface area contributed by atoms with Crippen LogP contribution >= 0.6 is 11.8 Å². The van der Waals surface area contributed by atoms with Crippen molar-refractivity contribution in [3.8, 4) is 0 Å². The second kappa shape index (κ2) is 6.70. The third-order valence-electron chi connectivity index (χ3n) is 2.32. The molecule has 0 fully saturated rings. The van der Waals surface area contributed by atoms with Crippen LogP contribution in [0.4, 0.5) is 0 Å². The maximum Gasteiger partial charge on any atom is 0.239 e. The molecule has 0 aromatic carbocycles. The summed E-state index contributed by atoms with van der Waals surface area (Å²) in [6, 6.07) is 0. The summed E-state index contributed by atoms with van der Waals surface area (Å²) in [6.07, 6.45) is 1.78. The predicted molar refractivity (Wildman–Crippen MR) is 68.8 cm³/mol. The molecule has 0 aliphatic heterocycles. The predicted octanol–water partition coefficient (Wildman–Crippen LogP) is -0.586. The summed E-state index contributed by atoms with van der Waals surface area (Å²) < 4.78 is 15.0. The van der Waals surface area contributed by atoms with E-state index in [2.05, 4.69) is 31.1 Å². The van der Waals surface area contributed by atoms with Crippen LogP contribution in [0.5, 0.6) is 0 Å². The largest absolute Gasteiger partial charge is 0.251 e. The van der Waals surface area contributed by atoms with Crippen LogP contribution in [0, 0.1) is 0 Å². The van der Waals surface area contributed by atoms with Crippen LogP contribution in [0.25, 0.3) is 0 Å². The lowest BCUT2D eigenvalue weighted by atomic mass is 10.4. The fourth-order valence-corrected chi connectivity index (χ4v) is 3.30. The summed E-state index contributed by atoms with van der Waals surface area (Å²) in [4.78, 5) is 0. The van der Waals surface area contributed by atoms with Gasteiger partial charge in [-0.1, -0.05) is 16.9 Å². The number of aromatic nitrogens is 8. The number of tetrazole rings is 2. The zero-order chi connectivity index (χ0) is 13.7. The van der Waals surface area contributed by atoms with E-state index in [0.29, 0.717) is 10.9 Å². The quantitative estimate of drug-likeness (QED) is 0.494. The summed E-state index contributed by atoms with van der Waals surface area (Å²) in [7, 11) is 2.35. The van der Waals surface area contributed by atoms with Crippen molar-refractivity contribution in [2.24, 2.45) is 14.1 Å². The molecule has 9 nitrogen and oxygen atoms in total. The number of rotatable bonds is 7. The van der Waals surface area contributed by atoms with E-state index >= 15 is 0 Å². The molecular formula is C8H14N8OS2. The lowest BCUT2D eigenvalue weighted by Crippen LogP contribution is -2.06. The van der Waals surface area contributed by atoms with Crippen molar-refractivity contribution < 1.29 is 4.21 Å². The van der Waals surface area contributed by atoms with Crippen molar-refractivity contribution in [3.63, 3.8) is 0 Å². The number of hydrogen-bond donors (Lipinski definition) is 0. The van der Waals surface area contributed by atoms with Crippen LogP contribution in [0.2, 0.25) is 0 Å². The monoisotopic (exact) mass is 302 g/mol. The first-order valence-electron chi connectivity index (χ1n) is 5.64. The number of hydrogen-bond acceptors (Lipinski definition) is 8. The van der Waals surface area contributed by atoms with Gasteiger partial charge in [-0.15, -0.1) is 5.10 Å². The molecule has 1 unspecified atom stereocenters. The van der Waals surface area contributed by atoms with Gasteiger partial charge in [0.25, 0.3) is 0 Å². The highest BCUT2D eigenvalue weighted by molar-refractivity contribution is 7.99. The first kappa shape index (κ1) is 14.1. The van der Waals surface area contributed by atoms with E-state index in [1.165, 1.54) is 4.68 Å². The van der Waals surface area contributed by atoms with Crippen LogP contribution < -0.4 is 0 Å². The Bertz CT molecular complexity index is 552. The van der Waals surface area contributed by atoms with Crippen LogP contribution in [-0.2, 0) is 24.9 Å². The van der Waals surface area contributed by atoms with Gasteiger partial charge in [0.15, 0.2) is 0 Å². The third kappa shape index (κ3) is 3.80. The molecule has 2 aromatic heterocycles. The molecule has 0 saturated carbocycles. The Labute approximate surface area is 116 Å². The Morgan fingerprint density at radius 2 is 1.84 bits per heavy atom. The van der Waals surface area contributed by atoms with Crippen LogP contribution in [-0.4, -0.2) is 56.1 Å². The zero-order valence-corrected chi connectivity index (χ0v) is 12.3. The van der Waals surface area contributed by atoms with Gasteiger partial charge >= 0.3 is 0 Å². The molecule has 19 heavy (non-hydrogen) atoms. The summed E-state index contributed by atoms with van der Waals surface area (Å²) >= 11 is 1.59. The molecule has 0 aliphatic carbocycles. The van der Waals surface area contributed by atoms with Gasteiger partial charge < -0.3 is 0 Å². The lowest BCUT2D eigenvalue weighted by Gasteiger charge is -2.00. The SMILES string of the molecule is Cn1nnnc1SCCCCS(=O)c1nnnn1C. The molecule has 0 aliphatic rings. The molecule has 2 heterocycles. The molecule has 0 radical (unpaired) electrons. The Morgan fingerprint density at radius 1 is 1.11 bits per heavy atom. The zero-order valence-electron chi connectivity index (χ0n) is 10.6. The summed E-state index contributed by atoms with van der Waals surface area (Å²) in [6.45, 7) is 0. The molecule has 2 aromatic rings. The van der Waals surface area contributed by atoms with Gasteiger partial charge in [-0.2, -0.15) is 0 Å². The van der Waals surface area contributed by atoms with Crippen molar-refractivity contribution in [1.29, 1.82) is 0 Å². The van der Waals surface area contributed by atoms with Gasteiger partial charge in [0.05, 0.1) is 10.8 Å². The Kier molecular flexibility index (Phi) is 4.96. The highest BCUT2D eigenvalue weighted by Crippen LogP contribution is 2.14. The van der Waals surface area contributed by atoms with Gasteiger partial charge in [-0.05, 0) is 33.7 Å². The van der Waals surface area contributed by atoms with Crippen LogP contribution in [0.1, 0.15) is 12.8 Å².